The van der Waals surface area contributed by atoms with Gasteiger partial charge in [0.2, 0.25) is 0 Å². The standard InChI is InChI=1S/C12H12Cl3NO3S/c1-6-2-7(6)5-16-12(17)8-3-11(20(15,18)19)10(14)4-9(8)13/h3-4,6-7H,2,5H2,1H3,(H,16,17). The third-order valence-corrected chi connectivity index (χ3v) is 5.43. The molecule has 1 saturated carbocycles. The summed E-state index contributed by atoms with van der Waals surface area (Å²) >= 11 is 11.7. The van der Waals surface area contributed by atoms with Crippen LogP contribution in [-0.4, -0.2) is 20.9 Å². The lowest BCUT2D eigenvalue weighted by atomic mass is 10.2. The van der Waals surface area contributed by atoms with Crippen LogP contribution in [0.5, 0.6) is 0 Å². The highest BCUT2D eigenvalue weighted by Crippen LogP contribution is 2.37. The van der Waals surface area contributed by atoms with E-state index in [0.717, 1.165) is 12.5 Å². The normalized spacial score (nSPS) is 21.6. The van der Waals surface area contributed by atoms with Crippen LogP contribution >= 0.6 is 33.9 Å². The third kappa shape index (κ3) is 3.58. The van der Waals surface area contributed by atoms with E-state index in [0.29, 0.717) is 18.4 Å². The van der Waals surface area contributed by atoms with Gasteiger partial charge < -0.3 is 5.32 Å². The van der Waals surface area contributed by atoms with Crippen molar-refractivity contribution in [1.29, 1.82) is 0 Å². The average molecular weight is 357 g/mol. The van der Waals surface area contributed by atoms with Crippen LogP contribution in [0.1, 0.15) is 23.7 Å². The minimum atomic E-state index is -4.03. The van der Waals surface area contributed by atoms with Crippen molar-refractivity contribution in [1.82, 2.24) is 5.32 Å². The second-order valence-corrected chi connectivity index (χ2v) is 8.23. The maximum atomic E-state index is 12.0. The quantitative estimate of drug-likeness (QED) is 0.842. The molecule has 1 fully saturated rings. The maximum Gasteiger partial charge on any atom is 0.262 e. The Balaban J connectivity index is 2.24. The first-order chi connectivity index (χ1) is 9.20. The molecule has 4 nitrogen and oxygen atoms in total. The number of nitrogens with one attached hydrogen (secondary N) is 1. The minimum absolute atomic E-state index is 0.0450. The molecule has 0 heterocycles. The zero-order valence-electron chi connectivity index (χ0n) is 10.5. The summed E-state index contributed by atoms with van der Waals surface area (Å²) in [4.78, 5) is 11.7. The Labute approximate surface area is 131 Å². The van der Waals surface area contributed by atoms with Gasteiger partial charge in [-0.1, -0.05) is 30.1 Å². The van der Waals surface area contributed by atoms with Gasteiger partial charge in [0, 0.05) is 17.2 Å². The van der Waals surface area contributed by atoms with E-state index in [1.807, 2.05) is 0 Å². The molecule has 110 valence electrons. The van der Waals surface area contributed by atoms with Crippen molar-refractivity contribution in [3.05, 3.63) is 27.7 Å². The molecule has 0 aromatic heterocycles. The van der Waals surface area contributed by atoms with Crippen molar-refractivity contribution in [3.8, 4) is 0 Å². The number of benzene rings is 1. The van der Waals surface area contributed by atoms with Crippen LogP contribution in [0.25, 0.3) is 0 Å². The lowest BCUT2D eigenvalue weighted by molar-refractivity contribution is 0.0951. The van der Waals surface area contributed by atoms with Crippen molar-refractivity contribution in [2.75, 3.05) is 6.54 Å². The molecule has 0 radical (unpaired) electrons. The molecule has 1 amide bonds. The highest BCUT2D eigenvalue weighted by Gasteiger charge is 2.32. The van der Waals surface area contributed by atoms with Crippen LogP contribution in [0.4, 0.5) is 0 Å². The Kier molecular flexibility index (Phi) is 4.54. The van der Waals surface area contributed by atoms with Gasteiger partial charge in [0.1, 0.15) is 4.90 Å². The van der Waals surface area contributed by atoms with E-state index in [2.05, 4.69) is 12.2 Å². The van der Waals surface area contributed by atoms with Gasteiger partial charge in [-0.05, 0) is 30.4 Å². The molecular weight excluding hydrogens is 345 g/mol. The first-order valence-electron chi connectivity index (χ1n) is 5.92. The first kappa shape index (κ1) is 15.9. The summed E-state index contributed by atoms with van der Waals surface area (Å²) in [6, 6.07) is 2.30. The summed E-state index contributed by atoms with van der Waals surface area (Å²) < 4.78 is 22.7. The van der Waals surface area contributed by atoms with Crippen molar-refractivity contribution >= 4 is 48.8 Å². The van der Waals surface area contributed by atoms with E-state index in [1.54, 1.807) is 0 Å². The van der Waals surface area contributed by atoms with Gasteiger partial charge in [0.05, 0.1) is 15.6 Å². The highest BCUT2D eigenvalue weighted by molar-refractivity contribution is 8.13. The van der Waals surface area contributed by atoms with Gasteiger partial charge in [-0.25, -0.2) is 8.42 Å². The molecule has 0 saturated heterocycles. The van der Waals surface area contributed by atoms with Crippen LogP contribution in [0.3, 0.4) is 0 Å². The summed E-state index contributed by atoms with van der Waals surface area (Å²) in [5.74, 6) is 0.642. The van der Waals surface area contributed by atoms with E-state index < -0.39 is 15.0 Å². The molecule has 1 aromatic rings. The smallest absolute Gasteiger partial charge is 0.262 e. The van der Waals surface area contributed by atoms with Crippen LogP contribution in [0.15, 0.2) is 17.0 Å². The first-order valence-corrected chi connectivity index (χ1v) is 8.98. The number of hydrogen-bond acceptors (Lipinski definition) is 3. The lowest BCUT2D eigenvalue weighted by Crippen LogP contribution is -2.26. The van der Waals surface area contributed by atoms with Crippen LogP contribution in [0, 0.1) is 11.8 Å². The molecule has 0 spiro atoms. The molecule has 0 bridgehead atoms. The van der Waals surface area contributed by atoms with Crippen LogP contribution in [0.2, 0.25) is 10.0 Å². The summed E-state index contributed by atoms with van der Waals surface area (Å²) in [6.45, 7) is 2.65. The summed E-state index contributed by atoms with van der Waals surface area (Å²) in [6.07, 6.45) is 1.08. The van der Waals surface area contributed by atoms with Crippen LogP contribution < -0.4 is 5.32 Å². The summed E-state index contributed by atoms with van der Waals surface area (Å²) in [7, 11) is 1.23. The zero-order valence-corrected chi connectivity index (χ0v) is 13.6. The molecule has 2 atom stereocenters. The number of carbonyl (C=O) groups excluding carboxylic acids is 1. The van der Waals surface area contributed by atoms with E-state index in [4.69, 9.17) is 33.9 Å². The highest BCUT2D eigenvalue weighted by atomic mass is 35.7. The Morgan fingerprint density at radius 1 is 1.35 bits per heavy atom. The van der Waals surface area contributed by atoms with Crippen LogP contribution in [-0.2, 0) is 9.05 Å². The maximum absolute atomic E-state index is 12.0. The summed E-state index contributed by atoms with van der Waals surface area (Å²) in [5.41, 5.74) is 0.0450. The number of hydrogen-bond donors (Lipinski definition) is 1. The minimum Gasteiger partial charge on any atom is -0.352 e. The predicted octanol–water partition coefficient (Wildman–Crippen LogP) is 3.31. The van der Waals surface area contributed by atoms with E-state index in [1.165, 1.54) is 6.07 Å². The molecular formula is C12H12Cl3NO3S. The molecule has 2 rings (SSSR count). The van der Waals surface area contributed by atoms with E-state index in [9.17, 15) is 13.2 Å². The van der Waals surface area contributed by atoms with Gasteiger partial charge in [0.25, 0.3) is 15.0 Å². The lowest BCUT2D eigenvalue weighted by Gasteiger charge is -2.09. The fraction of sp³-hybridized carbons (Fsp3) is 0.417. The third-order valence-electron chi connectivity index (χ3n) is 3.33. The van der Waals surface area contributed by atoms with Gasteiger partial charge >= 0.3 is 0 Å². The fourth-order valence-corrected chi connectivity index (χ4v) is 3.72. The SMILES string of the molecule is CC1CC1CNC(=O)c1cc(S(=O)(=O)Cl)c(Cl)cc1Cl. The topological polar surface area (TPSA) is 63.2 Å². The number of carbonyl (C=O) groups is 1. The van der Waals surface area contributed by atoms with Crippen molar-refractivity contribution in [2.24, 2.45) is 11.8 Å². The second-order valence-electron chi connectivity index (χ2n) is 4.88. The van der Waals surface area contributed by atoms with Gasteiger partial charge in [0.15, 0.2) is 0 Å². The fourth-order valence-electron chi connectivity index (χ4n) is 1.89. The number of halogens is 3. The molecule has 8 heteroatoms. The monoisotopic (exact) mass is 355 g/mol. The Bertz CT molecular complexity index is 660. The zero-order chi connectivity index (χ0) is 15.1. The van der Waals surface area contributed by atoms with Crippen molar-refractivity contribution in [3.63, 3.8) is 0 Å². The number of amides is 1. The van der Waals surface area contributed by atoms with E-state index >= 15 is 0 Å². The Morgan fingerprint density at radius 3 is 2.45 bits per heavy atom. The predicted molar refractivity (Wildman–Crippen MR) is 79.1 cm³/mol. The Morgan fingerprint density at radius 2 is 1.95 bits per heavy atom. The van der Waals surface area contributed by atoms with E-state index in [-0.39, 0.29) is 20.5 Å². The number of rotatable bonds is 4. The van der Waals surface area contributed by atoms with Gasteiger partial charge in [-0.3, -0.25) is 4.79 Å². The average Bonchev–Trinajstić information content (AvgIpc) is 3.00. The molecule has 0 aliphatic heterocycles. The molecule has 1 aliphatic carbocycles. The summed E-state index contributed by atoms with van der Waals surface area (Å²) in [5, 5.41) is 2.70. The molecule has 2 unspecified atom stereocenters. The molecule has 1 aliphatic rings. The van der Waals surface area contributed by atoms with Gasteiger partial charge in [-0.2, -0.15) is 0 Å². The Hall–Kier alpha value is -0.490. The molecule has 20 heavy (non-hydrogen) atoms. The van der Waals surface area contributed by atoms with Gasteiger partial charge in [-0.15, -0.1) is 0 Å². The largest absolute Gasteiger partial charge is 0.352 e. The van der Waals surface area contributed by atoms with Crippen molar-refractivity contribution in [2.45, 2.75) is 18.2 Å². The van der Waals surface area contributed by atoms with Crippen molar-refractivity contribution < 1.29 is 13.2 Å². The second kappa shape index (κ2) is 5.72. The molecule has 1 aromatic carbocycles. The molecule has 1 N–H and O–H groups in total.